The third kappa shape index (κ3) is 1.95. The van der Waals surface area contributed by atoms with Crippen LogP contribution in [0, 0.1) is 0 Å². The number of carboxylic acid groups (broad SMARTS) is 1. The van der Waals surface area contributed by atoms with Crippen molar-refractivity contribution in [1.82, 2.24) is 4.90 Å². The number of aliphatic carboxylic acids is 1. The molecule has 1 heterocycles. The zero-order valence-electron chi connectivity index (χ0n) is 6.73. The van der Waals surface area contributed by atoms with Gasteiger partial charge in [0.1, 0.15) is 6.04 Å². The molecule has 70 valence electrons. The number of hydrogen-bond donors (Lipinski definition) is 1. The van der Waals surface area contributed by atoms with E-state index in [-0.39, 0.29) is 11.5 Å². The highest BCUT2D eigenvalue weighted by Gasteiger charge is 2.33. The van der Waals surface area contributed by atoms with Crippen molar-refractivity contribution in [2.24, 2.45) is 0 Å². The fourth-order valence-electron chi connectivity index (χ4n) is 1.15. The van der Waals surface area contributed by atoms with Gasteiger partial charge in [0.2, 0.25) is 0 Å². The highest BCUT2D eigenvalue weighted by atomic mass is 32.2. The predicted molar refractivity (Wildman–Crippen MR) is 42.7 cm³/mol. The Balaban J connectivity index is 2.79. The fraction of sp³-hybridized carbons (Fsp3) is 0.833. The van der Waals surface area contributed by atoms with Gasteiger partial charge in [-0.2, -0.15) is 0 Å². The van der Waals surface area contributed by atoms with Crippen LogP contribution in [0.4, 0.5) is 0 Å². The highest BCUT2D eigenvalue weighted by Crippen LogP contribution is 2.09. The van der Waals surface area contributed by atoms with E-state index in [0.29, 0.717) is 6.54 Å². The third-order valence-electron chi connectivity index (χ3n) is 1.98. The van der Waals surface area contributed by atoms with E-state index in [1.165, 1.54) is 0 Å². The molecule has 0 aromatic heterocycles. The van der Waals surface area contributed by atoms with E-state index in [9.17, 15) is 13.2 Å². The molecule has 5 nitrogen and oxygen atoms in total. The SMILES string of the molecule is CN1CCS(=O)(=O)C[C@H]1C(=O)O. The lowest BCUT2D eigenvalue weighted by Crippen LogP contribution is -2.50. The number of nitrogens with zero attached hydrogens (tertiary/aromatic N) is 1. The Kier molecular flexibility index (Phi) is 2.39. The molecule has 1 rings (SSSR count). The minimum absolute atomic E-state index is 0.0628. The van der Waals surface area contributed by atoms with Gasteiger partial charge in [-0.25, -0.2) is 8.42 Å². The average Bonchev–Trinajstić information content (AvgIpc) is 1.94. The van der Waals surface area contributed by atoms with E-state index in [1.54, 1.807) is 11.9 Å². The van der Waals surface area contributed by atoms with Crippen LogP contribution in [-0.4, -0.2) is 55.5 Å². The molecular formula is C6H11NO4S. The van der Waals surface area contributed by atoms with Gasteiger partial charge >= 0.3 is 5.97 Å². The van der Waals surface area contributed by atoms with E-state index in [2.05, 4.69) is 0 Å². The fourth-order valence-corrected chi connectivity index (χ4v) is 2.76. The Labute approximate surface area is 70.9 Å². The molecule has 6 heteroatoms. The van der Waals surface area contributed by atoms with Crippen LogP contribution in [0.5, 0.6) is 0 Å². The van der Waals surface area contributed by atoms with Crippen LogP contribution in [0.2, 0.25) is 0 Å². The maximum absolute atomic E-state index is 11.0. The van der Waals surface area contributed by atoms with E-state index in [0.717, 1.165) is 0 Å². The first-order valence-electron chi connectivity index (χ1n) is 3.56. The summed E-state index contributed by atoms with van der Waals surface area (Å²) in [4.78, 5) is 12.1. The molecule has 0 saturated carbocycles. The van der Waals surface area contributed by atoms with Gasteiger partial charge in [-0.15, -0.1) is 0 Å². The van der Waals surface area contributed by atoms with Gasteiger partial charge in [0.15, 0.2) is 9.84 Å². The number of carboxylic acids is 1. The summed E-state index contributed by atoms with van der Waals surface area (Å²) in [7, 11) is -1.51. The summed E-state index contributed by atoms with van der Waals surface area (Å²) in [5.74, 6) is -1.27. The number of rotatable bonds is 1. The van der Waals surface area contributed by atoms with Gasteiger partial charge < -0.3 is 5.11 Å². The molecule has 1 N–H and O–H groups in total. The molecule has 0 amide bonds. The molecular weight excluding hydrogens is 182 g/mol. The van der Waals surface area contributed by atoms with Crippen molar-refractivity contribution in [2.75, 3.05) is 25.1 Å². The van der Waals surface area contributed by atoms with Gasteiger partial charge in [0.25, 0.3) is 0 Å². The van der Waals surface area contributed by atoms with Crippen molar-refractivity contribution in [3.05, 3.63) is 0 Å². The van der Waals surface area contributed by atoms with E-state index in [4.69, 9.17) is 5.11 Å². The third-order valence-corrected chi connectivity index (χ3v) is 3.61. The summed E-state index contributed by atoms with van der Waals surface area (Å²) in [5, 5.41) is 8.63. The van der Waals surface area contributed by atoms with Crippen molar-refractivity contribution < 1.29 is 18.3 Å². The van der Waals surface area contributed by atoms with Gasteiger partial charge in [-0.3, -0.25) is 9.69 Å². The summed E-state index contributed by atoms with van der Waals surface area (Å²) in [6.07, 6.45) is 0. The lowest BCUT2D eigenvalue weighted by molar-refractivity contribution is -0.142. The van der Waals surface area contributed by atoms with Gasteiger partial charge in [0, 0.05) is 6.54 Å². The Hall–Kier alpha value is -0.620. The van der Waals surface area contributed by atoms with Crippen LogP contribution in [0.3, 0.4) is 0 Å². The molecule has 0 aromatic carbocycles. The van der Waals surface area contributed by atoms with Gasteiger partial charge in [-0.1, -0.05) is 0 Å². The molecule has 0 aliphatic carbocycles. The van der Waals surface area contributed by atoms with Gasteiger partial charge in [0.05, 0.1) is 11.5 Å². The molecule has 0 aromatic rings. The Bertz CT molecular complexity index is 284. The summed E-state index contributed by atoms with van der Waals surface area (Å²) < 4.78 is 22.0. The molecule has 0 spiro atoms. The standard InChI is InChI=1S/C6H11NO4S/c1-7-2-3-12(10,11)4-5(7)6(8)9/h5H,2-4H2,1H3,(H,8,9)/t5-/m0/s1. The van der Waals surface area contributed by atoms with Crippen molar-refractivity contribution in [2.45, 2.75) is 6.04 Å². The van der Waals surface area contributed by atoms with Crippen LogP contribution in [0.25, 0.3) is 0 Å². The van der Waals surface area contributed by atoms with Gasteiger partial charge in [-0.05, 0) is 7.05 Å². The lowest BCUT2D eigenvalue weighted by atomic mass is 10.3. The minimum atomic E-state index is -3.13. The first kappa shape index (κ1) is 9.47. The smallest absolute Gasteiger partial charge is 0.321 e. The number of sulfone groups is 1. The molecule has 0 unspecified atom stereocenters. The molecule has 0 bridgehead atoms. The Morgan fingerprint density at radius 3 is 2.58 bits per heavy atom. The second-order valence-electron chi connectivity index (χ2n) is 2.95. The molecule has 1 saturated heterocycles. The number of likely N-dealkylation sites (N-methyl/N-ethyl adjacent to an activating group) is 1. The summed E-state index contributed by atoms with van der Waals surface area (Å²) in [6.45, 7) is 0.305. The molecule has 1 fully saturated rings. The summed E-state index contributed by atoms with van der Waals surface area (Å²) in [6, 6.07) is -0.872. The van der Waals surface area contributed by atoms with Crippen molar-refractivity contribution in [3.63, 3.8) is 0 Å². The quantitative estimate of drug-likeness (QED) is 0.566. The Morgan fingerprint density at radius 2 is 2.17 bits per heavy atom. The monoisotopic (exact) mass is 193 g/mol. The highest BCUT2D eigenvalue weighted by molar-refractivity contribution is 7.91. The minimum Gasteiger partial charge on any atom is -0.480 e. The average molecular weight is 193 g/mol. The topological polar surface area (TPSA) is 74.7 Å². The summed E-state index contributed by atoms with van der Waals surface area (Å²) >= 11 is 0. The van der Waals surface area contributed by atoms with Crippen LogP contribution in [0.1, 0.15) is 0 Å². The zero-order chi connectivity index (χ0) is 9.35. The molecule has 1 aliphatic rings. The van der Waals surface area contributed by atoms with Crippen LogP contribution >= 0.6 is 0 Å². The van der Waals surface area contributed by atoms with Crippen molar-refractivity contribution >= 4 is 15.8 Å². The molecule has 0 radical (unpaired) electrons. The second kappa shape index (κ2) is 3.02. The van der Waals surface area contributed by atoms with E-state index in [1.807, 2.05) is 0 Å². The maximum atomic E-state index is 11.0. The first-order valence-corrected chi connectivity index (χ1v) is 5.38. The van der Waals surface area contributed by atoms with E-state index >= 15 is 0 Å². The van der Waals surface area contributed by atoms with E-state index < -0.39 is 21.8 Å². The first-order chi connectivity index (χ1) is 5.42. The second-order valence-corrected chi connectivity index (χ2v) is 5.18. The predicted octanol–water partition coefficient (Wildman–Crippen LogP) is -1.20. The molecule has 1 aliphatic heterocycles. The molecule has 1 atom stereocenters. The zero-order valence-corrected chi connectivity index (χ0v) is 7.54. The maximum Gasteiger partial charge on any atom is 0.321 e. The van der Waals surface area contributed by atoms with Crippen LogP contribution in [-0.2, 0) is 14.6 Å². The lowest BCUT2D eigenvalue weighted by Gasteiger charge is -2.28. The van der Waals surface area contributed by atoms with Crippen molar-refractivity contribution in [1.29, 1.82) is 0 Å². The largest absolute Gasteiger partial charge is 0.480 e. The van der Waals surface area contributed by atoms with Crippen LogP contribution < -0.4 is 0 Å². The van der Waals surface area contributed by atoms with Crippen LogP contribution in [0.15, 0.2) is 0 Å². The van der Waals surface area contributed by atoms with Crippen molar-refractivity contribution in [3.8, 4) is 0 Å². The molecule has 12 heavy (non-hydrogen) atoms. The number of hydrogen-bond acceptors (Lipinski definition) is 4. The Morgan fingerprint density at radius 1 is 1.58 bits per heavy atom. The normalized spacial score (nSPS) is 29.9. The summed E-state index contributed by atoms with van der Waals surface area (Å²) in [5.41, 5.74) is 0. The number of carbonyl (C=O) groups is 1.